The fourth-order valence-corrected chi connectivity index (χ4v) is 3.38. The second kappa shape index (κ2) is 5.96. The van der Waals surface area contributed by atoms with Crippen LogP contribution in [0.3, 0.4) is 0 Å². The quantitative estimate of drug-likeness (QED) is 0.914. The smallest absolute Gasteiger partial charge is 0.240 e. The Morgan fingerprint density at radius 1 is 1.39 bits per heavy atom. The van der Waals surface area contributed by atoms with E-state index in [0.717, 1.165) is 29.7 Å². The third kappa shape index (κ3) is 2.85. The van der Waals surface area contributed by atoms with Gasteiger partial charge in [-0.1, -0.05) is 19.9 Å². The Labute approximate surface area is 137 Å². The molecule has 1 aliphatic heterocycles. The van der Waals surface area contributed by atoms with E-state index in [1.54, 1.807) is 0 Å². The van der Waals surface area contributed by atoms with Crippen LogP contribution >= 0.6 is 0 Å². The number of amides is 1. The number of aromatic nitrogens is 2. The van der Waals surface area contributed by atoms with Crippen LogP contribution < -0.4 is 5.73 Å². The summed E-state index contributed by atoms with van der Waals surface area (Å²) < 4.78 is 0. The van der Waals surface area contributed by atoms with Gasteiger partial charge in [0.1, 0.15) is 5.82 Å². The average molecular weight is 314 g/mol. The maximum Gasteiger partial charge on any atom is 0.240 e. The highest BCUT2D eigenvalue weighted by molar-refractivity contribution is 5.83. The summed E-state index contributed by atoms with van der Waals surface area (Å²) in [5, 5.41) is 0. The molecule has 1 saturated heterocycles. The van der Waals surface area contributed by atoms with Crippen LogP contribution in [0.1, 0.15) is 51.0 Å². The Bertz CT molecular complexity index is 721. The molecule has 5 heteroatoms. The number of carbonyl (C=O) groups excluding carboxylic acids is 1. The van der Waals surface area contributed by atoms with E-state index in [9.17, 15) is 4.79 Å². The number of aromatic amines is 1. The molecule has 3 atom stereocenters. The van der Waals surface area contributed by atoms with Crippen LogP contribution in [0.5, 0.6) is 0 Å². The SMILES string of the molecule is Cc1ccc2nc(C3CCC(C)N3C(=O)C(N)C(C)C)[nH]c2c1. The molecule has 0 radical (unpaired) electrons. The summed E-state index contributed by atoms with van der Waals surface area (Å²) in [5.74, 6) is 1.04. The van der Waals surface area contributed by atoms with Gasteiger partial charge >= 0.3 is 0 Å². The number of carbonyl (C=O) groups is 1. The van der Waals surface area contributed by atoms with Gasteiger partial charge in [-0.3, -0.25) is 4.79 Å². The molecule has 5 nitrogen and oxygen atoms in total. The minimum atomic E-state index is -0.454. The molecule has 3 rings (SSSR count). The van der Waals surface area contributed by atoms with Crippen LogP contribution in [0, 0.1) is 12.8 Å². The van der Waals surface area contributed by atoms with Crippen molar-refractivity contribution in [3.63, 3.8) is 0 Å². The van der Waals surface area contributed by atoms with E-state index in [0.29, 0.717) is 0 Å². The summed E-state index contributed by atoms with van der Waals surface area (Å²) in [6.07, 6.45) is 1.91. The number of fused-ring (bicyclic) bond motifs is 1. The number of nitrogens with one attached hydrogen (secondary N) is 1. The Hall–Kier alpha value is -1.88. The molecule has 0 saturated carbocycles. The molecule has 0 spiro atoms. The van der Waals surface area contributed by atoms with Gasteiger partial charge < -0.3 is 15.6 Å². The second-order valence-electron chi connectivity index (χ2n) is 7.10. The van der Waals surface area contributed by atoms with Crippen molar-refractivity contribution in [2.45, 2.75) is 58.7 Å². The van der Waals surface area contributed by atoms with Gasteiger partial charge in [-0.25, -0.2) is 4.98 Å². The molecule has 3 unspecified atom stereocenters. The topological polar surface area (TPSA) is 75.0 Å². The van der Waals surface area contributed by atoms with E-state index < -0.39 is 6.04 Å². The Morgan fingerprint density at radius 3 is 2.83 bits per heavy atom. The van der Waals surface area contributed by atoms with Gasteiger partial charge in [0, 0.05) is 6.04 Å². The van der Waals surface area contributed by atoms with Crippen LogP contribution in [0.2, 0.25) is 0 Å². The molecular formula is C18H26N4O. The van der Waals surface area contributed by atoms with Crippen LogP contribution in [-0.2, 0) is 4.79 Å². The third-order valence-electron chi connectivity index (χ3n) is 4.90. The van der Waals surface area contributed by atoms with Gasteiger partial charge in [0.15, 0.2) is 0 Å². The van der Waals surface area contributed by atoms with Crippen molar-refractivity contribution >= 4 is 16.9 Å². The number of nitrogens with two attached hydrogens (primary N) is 1. The average Bonchev–Trinajstić information content (AvgIpc) is 3.08. The fourth-order valence-electron chi connectivity index (χ4n) is 3.38. The number of aryl methyl sites for hydroxylation is 1. The monoisotopic (exact) mass is 314 g/mol. The number of rotatable bonds is 3. The normalized spacial score (nSPS) is 23.0. The van der Waals surface area contributed by atoms with Crippen LogP contribution in [0.15, 0.2) is 18.2 Å². The van der Waals surface area contributed by atoms with Gasteiger partial charge in [0.05, 0.1) is 23.1 Å². The van der Waals surface area contributed by atoms with E-state index in [-0.39, 0.29) is 23.9 Å². The summed E-state index contributed by atoms with van der Waals surface area (Å²) in [7, 11) is 0. The van der Waals surface area contributed by atoms with E-state index in [4.69, 9.17) is 10.7 Å². The number of nitrogens with zero attached hydrogens (tertiary/aromatic N) is 2. The first kappa shape index (κ1) is 16.0. The maximum atomic E-state index is 12.8. The summed E-state index contributed by atoms with van der Waals surface area (Å²) in [4.78, 5) is 22.9. The summed E-state index contributed by atoms with van der Waals surface area (Å²) in [6, 6.07) is 5.92. The van der Waals surface area contributed by atoms with Gasteiger partial charge in [-0.05, 0) is 50.3 Å². The molecule has 3 N–H and O–H groups in total. The van der Waals surface area contributed by atoms with Crippen LogP contribution in [-0.4, -0.2) is 32.9 Å². The largest absolute Gasteiger partial charge is 0.340 e. The number of hydrogen-bond acceptors (Lipinski definition) is 3. The first-order valence-corrected chi connectivity index (χ1v) is 8.42. The zero-order valence-corrected chi connectivity index (χ0v) is 14.3. The van der Waals surface area contributed by atoms with E-state index >= 15 is 0 Å². The molecule has 1 amide bonds. The lowest BCUT2D eigenvalue weighted by Crippen LogP contribution is -2.48. The molecule has 0 bridgehead atoms. The maximum absolute atomic E-state index is 12.8. The zero-order chi connectivity index (χ0) is 16.7. The molecule has 1 aliphatic rings. The number of H-pyrrole nitrogens is 1. The predicted octanol–water partition coefficient (Wildman–Crippen LogP) is 2.91. The second-order valence-corrected chi connectivity index (χ2v) is 7.10. The number of hydrogen-bond donors (Lipinski definition) is 2. The Kier molecular flexibility index (Phi) is 4.15. The van der Waals surface area contributed by atoms with Crippen LogP contribution in [0.4, 0.5) is 0 Å². The lowest BCUT2D eigenvalue weighted by atomic mass is 10.0. The Balaban J connectivity index is 1.94. The highest BCUT2D eigenvalue weighted by atomic mass is 16.2. The van der Waals surface area contributed by atoms with E-state index in [1.165, 1.54) is 5.56 Å². The summed E-state index contributed by atoms with van der Waals surface area (Å²) in [5.41, 5.74) is 9.29. The molecule has 1 aromatic heterocycles. The van der Waals surface area contributed by atoms with Crippen molar-refractivity contribution in [3.8, 4) is 0 Å². The molecule has 1 aromatic carbocycles. The van der Waals surface area contributed by atoms with Crippen molar-refractivity contribution in [2.24, 2.45) is 11.7 Å². The third-order valence-corrected chi connectivity index (χ3v) is 4.90. The molecular weight excluding hydrogens is 288 g/mol. The van der Waals surface area contributed by atoms with Crippen LogP contribution in [0.25, 0.3) is 11.0 Å². The van der Waals surface area contributed by atoms with Gasteiger partial charge in [0.2, 0.25) is 5.91 Å². The molecule has 0 aliphatic carbocycles. The van der Waals surface area contributed by atoms with Gasteiger partial charge in [0.25, 0.3) is 0 Å². The predicted molar refractivity (Wildman–Crippen MR) is 91.9 cm³/mol. The number of imidazole rings is 1. The Morgan fingerprint density at radius 2 is 2.13 bits per heavy atom. The molecule has 1 fully saturated rings. The first-order valence-electron chi connectivity index (χ1n) is 8.42. The van der Waals surface area contributed by atoms with E-state index in [1.807, 2.05) is 24.8 Å². The summed E-state index contributed by atoms with van der Waals surface area (Å²) >= 11 is 0. The fraction of sp³-hybridized carbons (Fsp3) is 0.556. The lowest BCUT2D eigenvalue weighted by molar-refractivity contribution is -0.136. The van der Waals surface area contributed by atoms with Crippen molar-refractivity contribution in [1.82, 2.24) is 14.9 Å². The van der Waals surface area contributed by atoms with Crippen molar-refractivity contribution in [1.29, 1.82) is 0 Å². The standard InChI is InChI=1S/C18H26N4O/c1-10(2)16(19)18(23)22-12(4)6-8-15(22)17-20-13-7-5-11(3)9-14(13)21-17/h5,7,9-10,12,15-16H,6,8,19H2,1-4H3,(H,20,21). The molecule has 2 heterocycles. The summed E-state index contributed by atoms with van der Waals surface area (Å²) in [6.45, 7) is 8.14. The number of benzene rings is 1. The van der Waals surface area contributed by atoms with Gasteiger partial charge in [-0.15, -0.1) is 0 Å². The zero-order valence-electron chi connectivity index (χ0n) is 14.3. The number of likely N-dealkylation sites (tertiary alicyclic amines) is 1. The minimum absolute atomic E-state index is 0.00462. The highest BCUT2D eigenvalue weighted by Crippen LogP contribution is 2.36. The molecule has 23 heavy (non-hydrogen) atoms. The van der Waals surface area contributed by atoms with Crippen molar-refractivity contribution in [3.05, 3.63) is 29.6 Å². The highest BCUT2D eigenvalue weighted by Gasteiger charge is 2.39. The van der Waals surface area contributed by atoms with Crippen molar-refractivity contribution in [2.75, 3.05) is 0 Å². The van der Waals surface area contributed by atoms with Gasteiger partial charge in [-0.2, -0.15) is 0 Å². The first-order chi connectivity index (χ1) is 10.9. The van der Waals surface area contributed by atoms with Crippen molar-refractivity contribution < 1.29 is 4.79 Å². The lowest BCUT2D eigenvalue weighted by Gasteiger charge is -2.31. The van der Waals surface area contributed by atoms with E-state index in [2.05, 4.69) is 31.0 Å². The molecule has 2 aromatic rings. The minimum Gasteiger partial charge on any atom is -0.340 e. The molecule has 124 valence electrons.